The highest BCUT2D eigenvalue weighted by molar-refractivity contribution is 7.99. The summed E-state index contributed by atoms with van der Waals surface area (Å²) in [5, 5.41) is 21.6. The Hall–Kier alpha value is -4.60. The molecule has 1 amide bonds. The molecule has 2 heterocycles. The Labute approximate surface area is 272 Å². The van der Waals surface area contributed by atoms with E-state index in [-0.39, 0.29) is 29.0 Å². The normalized spacial score (nSPS) is 14.4. The average Bonchev–Trinajstić information content (AvgIpc) is 3.62. The summed E-state index contributed by atoms with van der Waals surface area (Å²) in [6.07, 6.45) is -2.01. The van der Waals surface area contributed by atoms with Gasteiger partial charge in [0.05, 0.1) is 22.6 Å². The summed E-state index contributed by atoms with van der Waals surface area (Å²) < 4.78 is 49.9. The molecule has 0 spiro atoms. The van der Waals surface area contributed by atoms with Crippen LogP contribution in [0.4, 0.5) is 18.2 Å². The number of carbonyl (C=O) groups excluding carboxylic acids is 1. The zero-order valence-electron chi connectivity index (χ0n) is 24.7. The minimum atomic E-state index is -4.65. The highest BCUT2D eigenvalue weighted by atomic mass is 32.2. The number of amides is 1. The molecule has 0 saturated heterocycles. The number of carbonyl (C=O) groups is 1. The third-order valence-electron chi connectivity index (χ3n) is 7.69. The lowest BCUT2D eigenvalue weighted by Crippen LogP contribution is -2.16. The molecule has 234 valence electrons. The molecule has 2 aromatic heterocycles. The maximum Gasteiger partial charge on any atom is 0.418 e. The summed E-state index contributed by atoms with van der Waals surface area (Å²) in [5.41, 5.74) is 2.18. The largest absolute Gasteiger partial charge is 0.485 e. The summed E-state index contributed by atoms with van der Waals surface area (Å²) in [6.45, 7) is 1.98. The molecule has 0 radical (unpaired) electrons. The van der Waals surface area contributed by atoms with Gasteiger partial charge in [0, 0.05) is 10.4 Å². The molecule has 0 saturated carbocycles. The van der Waals surface area contributed by atoms with Crippen molar-refractivity contribution in [2.45, 2.75) is 44.1 Å². The van der Waals surface area contributed by atoms with Crippen LogP contribution < -0.4 is 10.1 Å². The van der Waals surface area contributed by atoms with E-state index in [2.05, 4.69) is 28.5 Å². The first-order valence-corrected chi connectivity index (χ1v) is 16.4. The molecule has 0 unspecified atom stereocenters. The van der Waals surface area contributed by atoms with Crippen molar-refractivity contribution in [2.24, 2.45) is 5.92 Å². The van der Waals surface area contributed by atoms with Crippen LogP contribution in [0.1, 0.15) is 40.7 Å². The Balaban J connectivity index is 1.27. The number of thioether (sulfide) groups is 1. The fourth-order valence-corrected chi connectivity index (χ4v) is 7.62. The SMILES string of the molecule is C[C@@H]1CCc2c(sc(NC(=O)CSc3nnc(COc4ccccc4-c4ccccc4)n3-c3ccccc3C(F)(F)F)c2C#N)C1. The lowest BCUT2D eigenvalue weighted by molar-refractivity contribution is -0.137. The van der Waals surface area contributed by atoms with E-state index >= 15 is 0 Å². The van der Waals surface area contributed by atoms with Gasteiger partial charge in [-0.1, -0.05) is 79.3 Å². The first kappa shape index (κ1) is 31.4. The topological polar surface area (TPSA) is 92.8 Å². The number of anilines is 1. The van der Waals surface area contributed by atoms with Crippen molar-refractivity contribution in [3.8, 4) is 28.6 Å². The van der Waals surface area contributed by atoms with Gasteiger partial charge in [-0.15, -0.1) is 21.5 Å². The second kappa shape index (κ2) is 13.4. The maximum atomic E-state index is 14.2. The van der Waals surface area contributed by atoms with Gasteiger partial charge in [0.25, 0.3) is 0 Å². The number of hydrogen-bond acceptors (Lipinski definition) is 7. The fourth-order valence-electron chi connectivity index (χ4n) is 5.48. The Kier molecular flexibility index (Phi) is 9.15. The second-order valence-electron chi connectivity index (χ2n) is 10.9. The van der Waals surface area contributed by atoms with E-state index in [1.54, 1.807) is 6.07 Å². The standard InChI is InChI=1S/C34H28F3N5O2S2/c1-21-15-16-24-25(18-38)32(46-29(24)17-21)39-31(43)20-45-33-41-40-30(42(33)27-13-7-6-12-26(27)34(35,36)37)19-44-28-14-8-5-11-23(28)22-9-3-2-4-10-22/h2-14,21H,15-17,19-20H2,1H3,(H,39,43)/t21-/m1/s1. The number of benzene rings is 3. The third-order valence-corrected chi connectivity index (χ3v) is 9.79. The number of nitriles is 1. The predicted octanol–water partition coefficient (Wildman–Crippen LogP) is 8.32. The second-order valence-corrected chi connectivity index (χ2v) is 13.0. The van der Waals surface area contributed by atoms with Crippen LogP contribution in [-0.2, 0) is 30.4 Å². The first-order chi connectivity index (χ1) is 22.2. The van der Waals surface area contributed by atoms with Crippen molar-refractivity contribution < 1.29 is 22.7 Å². The summed E-state index contributed by atoms with van der Waals surface area (Å²) in [5.74, 6) is 0.610. The molecule has 5 aromatic rings. The molecule has 0 aliphatic heterocycles. The lowest BCUT2D eigenvalue weighted by atomic mass is 9.89. The van der Waals surface area contributed by atoms with Gasteiger partial charge in [-0.25, -0.2) is 0 Å². The number of ether oxygens (including phenoxy) is 1. The van der Waals surface area contributed by atoms with E-state index in [9.17, 15) is 23.2 Å². The zero-order valence-corrected chi connectivity index (χ0v) is 26.3. The van der Waals surface area contributed by atoms with Crippen molar-refractivity contribution in [3.63, 3.8) is 0 Å². The molecule has 6 rings (SSSR count). The molecule has 46 heavy (non-hydrogen) atoms. The Bertz CT molecular complexity index is 1910. The van der Waals surface area contributed by atoms with E-state index < -0.39 is 17.6 Å². The van der Waals surface area contributed by atoms with Crippen LogP contribution in [0.2, 0.25) is 0 Å². The molecule has 0 bridgehead atoms. The Morgan fingerprint density at radius 1 is 1.09 bits per heavy atom. The van der Waals surface area contributed by atoms with Crippen LogP contribution in [0.25, 0.3) is 16.8 Å². The van der Waals surface area contributed by atoms with Gasteiger partial charge in [0.1, 0.15) is 23.4 Å². The lowest BCUT2D eigenvalue weighted by Gasteiger charge is -2.17. The van der Waals surface area contributed by atoms with Gasteiger partial charge in [-0.05, 0) is 54.5 Å². The predicted molar refractivity (Wildman–Crippen MR) is 172 cm³/mol. The number of fused-ring (bicyclic) bond motifs is 1. The van der Waals surface area contributed by atoms with Gasteiger partial charge in [0.2, 0.25) is 5.91 Å². The quantitative estimate of drug-likeness (QED) is 0.160. The third kappa shape index (κ3) is 6.66. The summed E-state index contributed by atoms with van der Waals surface area (Å²) in [6, 6.07) is 24.4. The number of aromatic nitrogens is 3. The Morgan fingerprint density at radius 3 is 2.61 bits per heavy atom. The molecular formula is C34H28F3N5O2S2. The van der Waals surface area contributed by atoms with Gasteiger partial charge in [-0.3, -0.25) is 9.36 Å². The minimum absolute atomic E-state index is 0.0987. The van der Waals surface area contributed by atoms with Crippen molar-refractivity contribution in [3.05, 3.63) is 106 Å². The van der Waals surface area contributed by atoms with Crippen LogP contribution in [0.5, 0.6) is 5.75 Å². The van der Waals surface area contributed by atoms with E-state index in [4.69, 9.17) is 4.74 Å². The maximum absolute atomic E-state index is 14.2. The number of halogens is 3. The van der Waals surface area contributed by atoms with E-state index in [1.807, 2.05) is 48.5 Å². The van der Waals surface area contributed by atoms with Gasteiger partial charge < -0.3 is 10.1 Å². The molecule has 1 aliphatic carbocycles. The van der Waals surface area contributed by atoms with Crippen LogP contribution in [-0.4, -0.2) is 26.4 Å². The Morgan fingerprint density at radius 2 is 1.83 bits per heavy atom. The van der Waals surface area contributed by atoms with Gasteiger partial charge in [0.15, 0.2) is 11.0 Å². The minimum Gasteiger partial charge on any atom is -0.485 e. The fraction of sp³-hybridized carbons (Fsp3) is 0.235. The van der Waals surface area contributed by atoms with E-state index in [1.165, 1.54) is 34.1 Å². The molecule has 1 atom stereocenters. The van der Waals surface area contributed by atoms with Crippen molar-refractivity contribution in [2.75, 3.05) is 11.1 Å². The highest BCUT2D eigenvalue weighted by Crippen LogP contribution is 2.40. The summed E-state index contributed by atoms with van der Waals surface area (Å²) in [7, 11) is 0. The van der Waals surface area contributed by atoms with Crippen molar-refractivity contribution in [1.82, 2.24) is 14.8 Å². The number of thiophene rings is 1. The van der Waals surface area contributed by atoms with Crippen LogP contribution >= 0.6 is 23.1 Å². The van der Waals surface area contributed by atoms with Crippen molar-refractivity contribution >= 4 is 34.0 Å². The number of nitrogens with one attached hydrogen (secondary N) is 1. The average molecular weight is 660 g/mol. The van der Waals surface area contributed by atoms with Crippen LogP contribution in [0.3, 0.4) is 0 Å². The molecule has 7 nitrogen and oxygen atoms in total. The molecular weight excluding hydrogens is 632 g/mol. The molecule has 1 N–H and O–H groups in total. The van der Waals surface area contributed by atoms with Gasteiger partial charge >= 0.3 is 6.18 Å². The van der Waals surface area contributed by atoms with E-state index in [0.29, 0.717) is 22.2 Å². The van der Waals surface area contributed by atoms with Crippen LogP contribution in [0, 0.1) is 17.2 Å². The highest BCUT2D eigenvalue weighted by Gasteiger charge is 2.35. The smallest absolute Gasteiger partial charge is 0.418 e. The summed E-state index contributed by atoms with van der Waals surface area (Å²) >= 11 is 2.37. The molecule has 12 heteroatoms. The number of nitrogens with zero attached hydrogens (tertiary/aromatic N) is 4. The number of alkyl halides is 3. The number of rotatable bonds is 9. The molecule has 1 aliphatic rings. The van der Waals surface area contributed by atoms with Crippen molar-refractivity contribution in [1.29, 1.82) is 5.26 Å². The first-order valence-electron chi connectivity index (χ1n) is 14.6. The van der Waals surface area contributed by atoms with Crippen LogP contribution in [0.15, 0.2) is 84.0 Å². The summed E-state index contributed by atoms with van der Waals surface area (Å²) in [4.78, 5) is 14.2. The zero-order chi connectivity index (χ0) is 32.3. The number of hydrogen-bond donors (Lipinski definition) is 1. The number of para-hydroxylation sites is 2. The molecule has 0 fully saturated rings. The molecule has 3 aromatic carbocycles. The van der Waals surface area contributed by atoms with E-state index in [0.717, 1.165) is 58.7 Å². The van der Waals surface area contributed by atoms with Gasteiger partial charge in [-0.2, -0.15) is 18.4 Å². The monoisotopic (exact) mass is 659 g/mol.